The molecular weight excluding hydrogens is 326 g/mol. The van der Waals surface area contributed by atoms with Gasteiger partial charge in [0.05, 0.1) is 6.42 Å². The summed E-state index contributed by atoms with van der Waals surface area (Å²) in [7, 11) is 1.70. The lowest BCUT2D eigenvalue weighted by Crippen LogP contribution is -2.31. The molecule has 26 heavy (non-hydrogen) atoms. The third-order valence-corrected chi connectivity index (χ3v) is 4.26. The van der Waals surface area contributed by atoms with E-state index in [1.165, 1.54) is 0 Å². The molecule has 0 aliphatic carbocycles. The molecule has 0 saturated carbocycles. The maximum atomic E-state index is 12.2. The van der Waals surface area contributed by atoms with Gasteiger partial charge in [-0.05, 0) is 21.9 Å². The Bertz CT molecular complexity index is 900. The zero-order valence-corrected chi connectivity index (χ0v) is 14.7. The van der Waals surface area contributed by atoms with E-state index in [9.17, 15) is 9.59 Å². The van der Waals surface area contributed by atoms with Gasteiger partial charge in [0.2, 0.25) is 0 Å². The van der Waals surface area contributed by atoms with E-state index in [2.05, 4.69) is 0 Å². The summed E-state index contributed by atoms with van der Waals surface area (Å²) in [5.41, 5.74) is 1.93. The molecule has 3 aromatic rings. The van der Waals surface area contributed by atoms with Crippen molar-refractivity contribution in [2.45, 2.75) is 13.0 Å². The Kier molecular flexibility index (Phi) is 5.64. The van der Waals surface area contributed by atoms with E-state index in [4.69, 9.17) is 4.74 Å². The minimum absolute atomic E-state index is 0.150. The summed E-state index contributed by atoms with van der Waals surface area (Å²) in [6.07, 6.45) is 0.150. The number of benzene rings is 3. The highest BCUT2D eigenvalue weighted by atomic mass is 16.5. The topological polar surface area (TPSA) is 46.6 Å². The van der Waals surface area contributed by atoms with Crippen molar-refractivity contribution in [3.8, 4) is 0 Å². The molecule has 0 aliphatic heterocycles. The second-order valence-electron chi connectivity index (χ2n) is 6.21. The molecule has 0 fully saturated rings. The van der Waals surface area contributed by atoms with Gasteiger partial charge < -0.3 is 9.64 Å². The van der Waals surface area contributed by atoms with E-state index in [1.54, 1.807) is 11.9 Å². The lowest BCUT2D eigenvalue weighted by molar-refractivity contribution is -0.151. The number of nitrogens with zero attached hydrogens (tertiary/aromatic N) is 1. The highest BCUT2D eigenvalue weighted by Gasteiger charge is 2.13. The standard InChI is InChI=1S/C22H21NO3/c1-23(15-17-8-3-2-4-9-17)21(24)16-26-22(25)14-19-12-7-11-18-10-5-6-13-20(18)19/h2-13H,14-16H2,1H3. The Labute approximate surface area is 153 Å². The highest BCUT2D eigenvalue weighted by Crippen LogP contribution is 2.19. The molecule has 0 radical (unpaired) electrons. The Morgan fingerprint density at radius 2 is 1.58 bits per heavy atom. The molecule has 0 aromatic heterocycles. The quantitative estimate of drug-likeness (QED) is 0.640. The molecule has 0 heterocycles. The summed E-state index contributed by atoms with van der Waals surface area (Å²) in [5.74, 6) is -0.622. The first-order chi connectivity index (χ1) is 12.6. The molecule has 0 aliphatic rings. The maximum Gasteiger partial charge on any atom is 0.310 e. The molecule has 0 unspecified atom stereocenters. The van der Waals surface area contributed by atoms with Crippen LogP contribution < -0.4 is 0 Å². The number of rotatable bonds is 6. The van der Waals surface area contributed by atoms with Gasteiger partial charge in [0.1, 0.15) is 0 Å². The second-order valence-corrected chi connectivity index (χ2v) is 6.21. The molecular formula is C22H21NO3. The normalized spacial score (nSPS) is 10.5. The van der Waals surface area contributed by atoms with Gasteiger partial charge in [-0.15, -0.1) is 0 Å². The van der Waals surface area contributed by atoms with Crippen molar-refractivity contribution in [2.75, 3.05) is 13.7 Å². The average Bonchev–Trinajstić information content (AvgIpc) is 2.67. The van der Waals surface area contributed by atoms with Crippen LogP contribution in [0.3, 0.4) is 0 Å². The lowest BCUT2D eigenvalue weighted by Gasteiger charge is -2.17. The van der Waals surface area contributed by atoms with E-state index in [1.807, 2.05) is 72.8 Å². The first kappa shape index (κ1) is 17.7. The summed E-state index contributed by atoms with van der Waals surface area (Å²) in [5, 5.41) is 2.11. The number of carbonyl (C=O) groups is 2. The molecule has 0 N–H and O–H groups in total. The van der Waals surface area contributed by atoms with E-state index in [0.717, 1.165) is 21.9 Å². The predicted octanol–water partition coefficient (Wildman–Crippen LogP) is 3.58. The fourth-order valence-corrected chi connectivity index (χ4v) is 2.85. The number of carbonyl (C=O) groups excluding carboxylic acids is 2. The minimum Gasteiger partial charge on any atom is -0.455 e. The third-order valence-electron chi connectivity index (χ3n) is 4.26. The first-order valence-corrected chi connectivity index (χ1v) is 8.53. The smallest absolute Gasteiger partial charge is 0.310 e. The SMILES string of the molecule is CN(Cc1ccccc1)C(=O)COC(=O)Cc1cccc2ccccc12. The molecule has 0 bridgehead atoms. The van der Waals surface area contributed by atoms with Crippen LogP contribution in [0.1, 0.15) is 11.1 Å². The Balaban J connectivity index is 1.54. The van der Waals surface area contributed by atoms with Crippen LogP contribution >= 0.6 is 0 Å². The number of ether oxygens (including phenoxy) is 1. The van der Waals surface area contributed by atoms with Crippen LogP contribution in [0, 0.1) is 0 Å². The molecule has 0 atom stereocenters. The van der Waals surface area contributed by atoms with Gasteiger partial charge in [0, 0.05) is 13.6 Å². The number of fused-ring (bicyclic) bond motifs is 1. The van der Waals surface area contributed by atoms with Crippen molar-refractivity contribution in [3.63, 3.8) is 0 Å². The number of hydrogen-bond donors (Lipinski definition) is 0. The van der Waals surface area contributed by atoms with Crippen molar-refractivity contribution in [1.82, 2.24) is 4.90 Å². The van der Waals surface area contributed by atoms with Gasteiger partial charge in [-0.2, -0.15) is 0 Å². The number of likely N-dealkylation sites (N-methyl/N-ethyl adjacent to an activating group) is 1. The fraction of sp³-hybridized carbons (Fsp3) is 0.182. The highest BCUT2D eigenvalue weighted by molar-refractivity contribution is 5.89. The Morgan fingerprint density at radius 1 is 0.885 bits per heavy atom. The average molecular weight is 347 g/mol. The van der Waals surface area contributed by atoms with Gasteiger partial charge in [0.25, 0.3) is 5.91 Å². The molecule has 132 valence electrons. The molecule has 1 amide bonds. The van der Waals surface area contributed by atoms with Crippen molar-refractivity contribution >= 4 is 22.6 Å². The molecule has 3 aromatic carbocycles. The summed E-state index contributed by atoms with van der Waals surface area (Å²) < 4.78 is 5.19. The van der Waals surface area contributed by atoms with Gasteiger partial charge in [-0.3, -0.25) is 9.59 Å². The van der Waals surface area contributed by atoms with Crippen LogP contribution in [-0.4, -0.2) is 30.4 Å². The second kappa shape index (κ2) is 8.30. The van der Waals surface area contributed by atoms with Crippen molar-refractivity contribution in [2.24, 2.45) is 0 Å². The molecule has 4 nitrogen and oxygen atoms in total. The first-order valence-electron chi connectivity index (χ1n) is 8.53. The van der Waals surface area contributed by atoms with Crippen LogP contribution in [0.2, 0.25) is 0 Å². The number of hydrogen-bond acceptors (Lipinski definition) is 3. The lowest BCUT2D eigenvalue weighted by atomic mass is 10.0. The van der Waals surface area contributed by atoms with E-state index >= 15 is 0 Å². The van der Waals surface area contributed by atoms with Gasteiger partial charge in [-0.1, -0.05) is 72.8 Å². The molecule has 4 heteroatoms. The van der Waals surface area contributed by atoms with E-state index < -0.39 is 5.97 Å². The predicted molar refractivity (Wildman–Crippen MR) is 102 cm³/mol. The van der Waals surface area contributed by atoms with Crippen LogP contribution in [-0.2, 0) is 27.3 Å². The minimum atomic E-state index is -0.400. The summed E-state index contributed by atoms with van der Waals surface area (Å²) in [6.45, 7) is 0.244. The zero-order chi connectivity index (χ0) is 18.4. The summed E-state index contributed by atoms with van der Waals surface area (Å²) in [6, 6.07) is 23.4. The molecule has 0 saturated heterocycles. The largest absolute Gasteiger partial charge is 0.455 e. The molecule has 3 rings (SSSR count). The summed E-state index contributed by atoms with van der Waals surface area (Å²) in [4.78, 5) is 25.9. The summed E-state index contributed by atoms with van der Waals surface area (Å²) >= 11 is 0. The van der Waals surface area contributed by atoms with E-state index in [-0.39, 0.29) is 18.9 Å². The van der Waals surface area contributed by atoms with Crippen LogP contribution in [0.5, 0.6) is 0 Å². The van der Waals surface area contributed by atoms with Gasteiger partial charge in [0.15, 0.2) is 6.61 Å². The van der Waals surface area contributed by atoms with Crippen LogP contribution in [0.25, 0.3) is 10.8 Å². The number of amides is 1. The van der Waals surface area contributed by atoms with Gasteiger partial charge in [-0.25, -0.2) is 0 Å². The third kappa shape index (κ3) is 4.48. The van der Waals surface area contributed by atoms with Crippen molar-refractivity contribution in [1.29, 1.82) is 0 Å². The maximum absolute atomic E-state index is 12.2. The fourth-order valence-electron chi connectivity index (χ4n) is 2.85. The van der Waals surface area contributed by atoms with Crippen LogP contribution in [0.4, 0.5) is 0 Å². The van der Waals surface area contributed by atoms with Gasteiger partial charge >= 0.3 is 5.97 Å². The van der Waals surface area contributed by atoms with E-state index in [0.29, 0.717) is 6.54 Å². The monoisotopic (exact) mass is 347 g/mol. The van der Waals surface area contributed by atoms with Crippen LogP contribution in [0.15, 0.2) is 72.8 Å². The Morgan fingerprint density at radius 3 is 2.38 bits per heavy atom. The zero-order valence-electron chi connectivity index (χ0n) is 14.7. The Hall–Kier alpha value is -3.14. The van der Waals surface area contributed by atoms with Crippen molar-refractivity contribution in [3.05, 3.63) is 83.9 Å². The van der Waals surface area contributed by atoms with Crippen molar-refractivity contribution < 1.29 is 14.3 Å². The number of esters is 1. The molecule has 0 spiro atoms.